The molecule has 1 aromatic carbocycles. The summed E-state index contributed by atoms with van der Waals surface area (Å²) in [6.07, 6.45) is 2.82. The average molecular weight is 247 g/mol. The Balaban J connectivity index is 2.27. The third-order valence-electron chi connectivity index (χ3n) is 4.25. The zero-order valence-corrected chi connectivity index (χ0v) is 11.9. The van der Waals surface area contributed by atoms with Gasteiger partial charge in [-0.2, -0.15) is 0 Å². The largest absolute Gasteiger partial charge is 0.385 e. The summed E-state index contributed by atoms with van der Waals surface area (Å²) in [5.41, 5.74) is 2.97. The molecule has 1 aliphatic rings. The van der Waals surface area contributed by atoms with Crippen molar-refractivity contribution >= 4 is 0 Å². The number of aryl methyl sites for hydroxylation is 2. The fourth-order valence-electron chi connectivity index (χ4n) is 3.00. The Bertz CT molecular complexity index is 416. The predicted octanol–water partition coefficient (Wildman–Crippen LogP) is 3.00. The van der Waals surface area contributed by atoms with Crippen LogP contribution in [0.1, 0.15) is 42.9 Å². The number of hydrogen-bond donors (Lipinski definition) is 1. The van der Waals surface area contributed by atoms with E-state index in [1.807, 2.05) is 0 Å². The maximum absolute atomic E-state index is 11.0. The second kappa shape index (κ2) is 5.41. The van der Waals surface area contributed by atoms with Crippen LogP contribution in [0.5, 0.6) is 0 Å². The monoisotopic (exact) mass is 247 g/mol. The number of likely N-dealkylation sites (tertiary alicyclic amines) is 1. The summed E-state index contributed by atoms with van der Waals surface area (Å²) in [7, 11) is 0. The van der Waals surface area contributed by atoms with Crippen LogP contribution in [0.15, 0.2) is 18.2 Å². The maximum Gasteiger partial charge on any atom is 0.0911 e. The van der Waals surface area contributed by atoms with E-state index in [1.54, 1.807) is 0 Å². The van der Waals surface area contributed by atoms with Gasteiger partial charge < -0.3 is 10.0 Å². The minimum Gasteiger partial charge on any atom is -0.385 e. The second-order valence-corrected chi connectivity index (χ2v) is 5.64. The second-order valence-electron chi connectivity index (χ2n) is 5.64. The van der Waals surface area contributed by atoms with E-state index in [-0.39, 0.29) is 0 Å². The number of hydrogen-bond acceptors (Lipinski definition) is 2. The van der Waals surface area contributed by atoms with Crippen molar-refractivity contribution < 1.29 is 5.11 Å². The van der Waals surface area contributed by atoms with E-state index in [0.717, 1.165) is 44.5 Å². The Morgan fingerprint density at radius 3 is 2.72 bits per heavy atom. The molecule has 1 unspecified atom stereocenters. The molecule has 2 nitrogen and oxygen atoms in total. The summed E-state index contributed by atoms with van der Waals surface area (Å²) in [5.74, 6) is 0. The SMILES string of the molecule is CCN1CCCC(O)(c2cc(C)ccc2C)CC1. The van der Waals surface area contributed by atoms with Crippen LogP contribution in [0.25, 0.3) is 0 Å². The van der Waals surface area contributed by atoms with Crippen LogP contribution in [0.4, 0.5) is 0 Å². The van der Waals surface area contributed by atoms with E-state index in [2.05, 4.69) is 43.9 Å². The first-order valence-corrected chi connectivity index (χ1v) is 7.07. The van der Waals surface area contributed by atoms with Crippen molar-refractivity contribution in [2.24, 2.45) is 0 Å². The number of rotatable bonds is 2. The molecule has 0 spiro atoms. The van der Waals surface area contributed by atoms with E-state index in [1.165, 1.54) is 11.1 Å². The lowest BCUT2D eigenvalue weighted by Crippen LogP contribution is -2.29. The van der Waals surface area contributed by atoms with Gasteiger partial charge in [0.1, 0.15) is 0 Å². The molecule has 1 fully saturated rings. The van der Waals surface area contributed by atoms with Crippen molar-refractivity contribution in [1.82, 2.24) is 4.90 Å². The summed E-state index contributed by atoms with van der Waals surface area (Å²) >= 11 is 0. The lowest BCUT2D eigenvalue weighted by molar-refractivity contribution is 0.0207. The first-order valence-electron chi connectivity index (χ1n) is 7.07. The van der Waals surface area contributed by atoms with Crippen LogP contribution in [-0.4, -0.2) is 29.6 Å². The molecule has 1 atom stereocenters. The van der Waals surface area contributed by atoms with Crippen molar-refractivity contribution in [3.8, 4) is 0 Å². The first kappa shape index (κ1) is 13.6. The van der Waals surface area contributed by atoms with E-state index in [9.17, 15) is 5.11 Å². The van der Waals surface area contributed by atoms with Crippen LogP contribution in [-0.2, 0) is 5.60 Å². The van der Waals surface area contributed by atoms with Crippen molar-refractivity contribution in [1.29, 1.82) is 0 Å². The van der Waals surface area contributed by atoms with Crippen molar-refractivity contribution in [2.75, 3.05) is 19.6 Å². The van der Waals surface area contributed by atoms with Crippen molar-refractivity contribution in [2.45, 2.75) is 45.6 Å². The smallest absolute Gasteiger partial charge is 0.0911 e. The highest BCUT2D eigenvalue weighted by atomic mass is 16.3. The molecule has 0 amide bonds. The van der Waals surface area contributed by atoms with Gasteiger partial charge in [-0.15, -0.1) is 0 Å². The summed E-state index contributed by atoms with van der Waals surface area (Å²) < 4.78 is 0. The van der Waals surface area contributed by atoms with Gasteiger partial charge in [0, 0.05) is 6.54 Å². The summed E-state index contributed by atoms with van der Waals surface area (Å²) in [6.45, 7) is 9.60. The van der Waals surface area contributed by atoms with Gasteiger partial charge in [-0.05, 0) is 57.3 Å². The van der Waals surface area contributed by atoms with Gasteiger partial charge in [-0.1, -0.05) is 30.7 Å². The van der Waals surface area contributed by atoms with E-state index in [0.29, 0.717) is 0 Å². The highest BCUT2D eigenvalue weighted by molar-refractivity contribution is 5.35. The molecular formula is C16H25NO. The summed E-state index contributed by atoms with van der Waals surface area (Å²) in [6, 6.07) is 6.42. The molecular weight excluding hydrogens is 222 g/mol. The molecule has 100 valence electrons. The molecule has 0 saturated carbocycles. The molecule has 1 aromatic rings. The van der Waals surface area contributed by atoms with Gasteiger partial charge in [0.05, 0.1) is 5.60 Å². The fraction of sp³-hybridized carbons (Fsp3) is 0.625. The molecule has 0 aliphatic carbocycles. The maximum atomic E-state index is 11.0. The van der Waals surface area contributed by atoms with Gasteiger partial charge in [0.15, 0.2) is 0 Å². The highest BCUT2D eigenvalue weighted by Gasteiger charge is 2.32. The van der Waals surface area contributed by atoms with Crippen molar-refractivity contribution in [3.05, 3.63) is 34.9 Å². The molecule has 1 heterocycles. The third-order valence-corrected chi connectivity index (χ3v) is 4.25. The van der Waals surface area contributed by atoms with Crippen molar-refractivity contribution in [3.63, 3.8) is 0 Å². The third kappa shape index (κ3) is 2.76. The minimum atomic E-state index is -0.625. The lowest BCUT2D eigenvalue weighted by Gasteiger charge is -2.29. The van der Waals surface area contributed by atoms with Crippen LogP contribution >= 0.6 is 0 Å². The number of aliphatic hydroxyl groups is 1. The van der Waals surface area contributed by atoms with Crippen LogP contribution in [0, 0.1) is 13.8 Å². The Morgan fingerprint density at radius 1 is 1.22 bits per heavy atom. The molecule has 2 rings (SSSR count). The molecule has 0 radical (unpaired) electrons. The Labute approximate surface area is 111 Å². The molecule has 1 aliphatic heterocycles. The zero-order valence-electron chi connectivity index (χ0n) is 11.9. The quantitative estimate of drug-likeness (QED) is 0.868. The molecule has 0 bridgehead atoms. The van der Waals surface area contributed by atoms with Gasteiger partial charge in [-0.3, -0.25) is 0 Å². The summed E-state index contributed by atoms with van der Waals surface area (Å²) in [5, 5.41) is 11.0. The highest BCUT2D eigenvalue weighted by Crippen LogP contribution is 2.35. The van der Waals surface area contributed by atoms with Crippen LogP contribution in [0.3, 0.4) is 0 Å². The molecule has 0 aromatic heterocycles. The summed E-state index contributed by atoms with van der Waals surface area (Å²) in [4.78, 5) is 2.43. The van der Waals surface area contributed by atoms with Gasteiger partial charge in [0.2, 0.25) is 0 Å². The molecule has 1 saturated heterocycles. The topological polar surface area (TPSA) is 23.5 Å². The van der Waals surface area contributed by atoms with Gasteiger partial charge >= 0.3 is 0 Å². The van der Waals surface area contributed by atoms with Crippen LogP contribution < -0.4 is 0 Å². The molecule has 2 heteroatoms. The normalized spacial score (nSPS) is 26.0. The molecule has 18 heavy (non-hydrogen) atoms. The van der Waals surface area contributed by atoms with Gasteiger partial charge in [-0.25, -0.2) is 0 Å². The predicted molar refractivity (Wildman–Crippen MR) is 75.8 cm³/mol. The van der Waals surface area contributed by atoms with E-state index in [4.69, 9.17) is 0 Å². The van der Waals surface area contributed by atoms with E-state index < -0.39 is 5.60 Å². The Morgan fingerprint density at radius 2 is 2.00 bits per heavy atom. The zero-order chi connectivity index (χ0) is 13.2. The van der Waals surface area contributed by atoms with Gasteiger partial charge in [0.25, 0.3) is 0 Å². The Hall–Kier alpha value is -0.860. The first-order chi connectivity index (χ1) is 8.55. The number of nitrogens with zero attached hydrogens (tertiary/aromatic N) is 1. The lowest BCUT2D eigenvalue weighted by atomic mass is 9.83. The van der Waals surface area contributed by atoms with Crippen LogP contribution in [0.2, 0.25) is 0 Å². The molecule has 1 N–H and O–H groups in total. The van der Waals surface area contributed by atoms with E-state index >= 15 is 0 Å². The average Bonchev–Trinajstić information content (AvgIpc) is 2.55. The minimum absolute atomic E-state index is 0.625. The standard InChI is InChI=1S/C16H25NO/c1-4-17-10-5-8-16(18,9-11-17)15-12-13(2)6-7-14(15)3/h6-7,12,18H,4-5,8-11H2,1-3H3. The Kier molecular flexibility index (Phi) is 4.08. The fourth-order valence-corrected chi connectivity index (χ4v) is 3.00. The number of benzene rings is 1.